The van der Waals surface area contributed by atoms with Crippen LogP contribution in [-0.2, 0) is 81.0 Å². The summed E-state index contributed by atoms with van der Waals surface area (Å²) in [6, 6.07) is 16.5. The minimum Gasteiger partial charge on any atom is -0.493 e. The van der Waals surface area contributed by atoms with Crippen LogP contribution in [0.15, 0.2) is 86.8 Å². The van der Waals surface area contributed by atoms with E-state index in [-0.39, 0.29) is 58.8 Å². The fourth-order valence-corrected chi connectivity index (χ4v) is 11.7. The Labute approximate surface area is 553 Å². The van der Waals surface area contributed by atoms with E-state index in [9.17, 15) is 42.3 Å². The summed E-state index contributed by atoms with van der Waals surface area (Å²) >= 11 is 23.6. The molecule has 6 aromatic rings. The normalized spacial score (nSPS) is 15.5. The van der Waals surface area contributed by atoms with Gasteiger partial charge in [-0.25, -0.2) is 41.9 Å². The molecule has 0 saturated heterocycles. The van der Waals surface area contributed by atoms with Crippen molar-refractivity contribution in [1.82, 2.24) is 19.1 Å². The van der Waals surface area contributed by atoms with Gasteiger partial charge in [-0.05, 0) is 146 Å². The number of hydrazone groups is 1. The SMILES string of the molecule is CC(Oc1ccc(Cl)cc1Cl)C(=O)O.CCOC(=O)C1=NN(c2ccc(Cl)cc2Cl)C(C)(C(=O)OCC)C1.CCc1cc(C)cc(CC)c1-c1c(OC(=O)C(C)(C)C)n2n(c1=O)CCOCC2.Cc1c(C(=O)c2cnn(C)c2O)ccc(S(C)(=O)=O)c1C1=NOCC1. The number of nitrogens with zero attached hydrogens (tertiary/aromatic N) is 7. The van der Waals surface area contributed by atoms with E-state index < -0.39 is 50.6 Å². The number of carboxylic acid groups (broad SMARTS) is 1. The van der Waals surface area contributed by atoms with Crippen LogP contribution in [-0.4, -0.2) is 130 Å². The van der Waals surface area contributed by atoms with Crippen molar-refractivity contribution in [2.45, 2.75) is 131 Å². The molecule has 0 radical (unpaired) electrons. The summed E-state index contributed by atoms with van der Waals surface area (Å²) in [6.07, 6.45) is 3.55. The molecular formula is C64H75Cl4N7O16S. The van der Waals surface area contributed by atoms with Gasteiger partial charge in [0, 0.05) is 47.3 Å². The van der Waals surface area contributed by atoms with E-state index >= 15 is 0 Å². The molecule has 28 heteroatoms. The Kier molecular flexibility index (Phi) is 24.9. The molecule has 0 amide bonds. The Morgan fingerprint density at radius 1 is 0.804 bits per heavy atom. The third kappa shape index (κ3) is 17.1. The molecule has 0 spiro atoms. The van der Waals surface area contributed by atoms with Crippen molar-refractivity contribution in [3.8, 4) is 28.6 Å². The predicted molar refractivity (Wildman–Crippen MR) is 350 cm³/mol. The summed E-state index contributed by atoms with van der Waals surface area (Å²) in [5.41, 5.74) is 5.05. The van der Waals surface area contributed by atoms with E-state index in [1.807, 2.05) is 20.8 Å². The van der Waals surface area contributed by atoms with Crippen molar-refractivity contribution in [2.75, 3.05) is 44.3 Å². The van der Waals surface area contributed by atoms with E-state index in [1.54, 1.807) is 61.3 Å². The van der Waals surface area contributed by atoms with Crippen molar-refractivity contribution in [3.05, 3.63) is 136 Å². The number of sulfone groups is 1. The molecule has 2 atom stereocenters. The number of anilines is 1. The molecule has 0 bridgehead atoms. The highest BCUT2D eigenvalue weighted by Gasteiger charge is 2.50. The van der Waals surface area contributed by atoms with Crippen molar-refractivity contribution < 1.29 is 71.1 Å². The Morgan fingerprint density at radius 3 is 1.93 bits per heavy atom. The van der Waals surface area contributed by atoms with Gasteiger partial charge in [0.2, 0.25) is 11.8 Å². The van der Waals surface area contributed by atoms with Gasteiger partial charge >= 0.3 is 23.9 Å². The van der Waals surface area contributed by atoms with Crippen LogP contribution in [0.1, 0.15) is 119 Å². The summed E-state index contributed by atoms with van der Waals surface area (Å²) < 4.78 is 55.6. The van der Waals surface area contributed by atoms with Gasteiger partial charge in [-0.15, -0.1) is 0 Å². The number of carboxylic acids is 1. The van der Waals surface area contributed by atoms with Crippen LogP contribution >= 0.6 is 46.4 Å². The number of carbonyl (C=O) groups is 5. The van der Waals surface area contributed by atoms with Crippen LogP contribution in [0.25, 0.3) is 11.1 Å². The number of benzene rings is 4. The second-order valence-corrected chi connectivity index (χ2v) is 26.2. The lowest BCUT2D eigenvalue weighted by Crippen LogP contribution is -2.48. The average molecular weight is 1370 g/mol. The zero-order chi connectivity index (χ0) is 68.3. The number of fused-ring (bicyclic) bond motifs is 1. The van der Waals surface area contributed by atoms with E-state index in [0.717, 1.165) is 35.8 Å². The first kappa shape index (κ1) is 73.3. The highest BCUT2D eigenvalue weighted by atomic mass is 35.5. The fraction of sp³-hybridized carbons (Fsp3) is 0.422. The van der Waals surface area contributed by atoms with Crippen LogP contribution in [0.4, 0.5) is 5.69 Å². The molecule has 3 aliphatic rings. The van der Waals surface area contributed by atoms with Crippen molar-refractivity contribution in [2.24, 2.45) is 22.7 Å². The number of oxime groups is 1. The maximum atomic E-state index is 13.5. The maximum Gasteiger partial charge on any atom is 0.354 e. The van der Waals surface area contributed by atoms with E-state index in [2.05, 4.69) is 48.3 Å². The molecule has 3 aliphatic heterocycles. The molecule has 0 aliphatic carbocycles. The first-order chi connectivity index (χ1) is 43.2. The zero-order valence-electron chi connectivity index (χ0n) is 53.4. The highest BCUT2D eigenvalue weighted by molar-refractivity contribution is 7.90. The van der Waals surface area contributed by atoms with Gasteiger partial charge in [0.15, 0.2) is 27.3 Å². The molecular weight excluding hydrogens is 1300 g/mol. The molecule has 4 aromatic carbocycles. The van der Waals surface area contributed by atoms with Crippen LogP contribution in [0.3, 0.4) is 0 Å². The number of aliphatic carboxylic acids is 1. The number of aromatic nitrogens is 4. The minimum atomic E-state index is -3.52. The lowest BCUT2D eigenvalue weighted by molar-refractivity contribution is -0.148. The number of rotatable bonds is 16. The average Bonchev–Trinajstić information content (AvgIpc) is 1.55. The fourth-order valence-electron chi connectivity index (χ4n) is 9.84. The monoisotopic (exact) mass is 1370 g/mol. The van der Waals surface area contributed by atoms with Crippen LogP contribution in [0.5, 0.6) is 17.5 Å². The summed E-state index contributed by atoms with van der Waals surface area (Å²) in [5.74, 6) is -2.51. The molecule has 2 unspecified atom stereocenters. The summed E-state index contributed by atoms with van der Waals surface area (Å²) in [4.78, 5) is 79.2. The molecule has 5 heterocycles. The number of ketones is 1. The molecule has 9 rings (SSSR count). The molecule has 0 fully saturated rings. The van der Waals surface area contributed by atoms with Gasteiger partial charge in [0.1, 0.15) is 29.2 Å². The number of carbonyl (C=O) groups excluding carboxylic acids is 4. The Hall–Kier alpha value is -7.74. The van der Waals surface area contributed by atoms with E-state index in [0.29, 0.717) is 99.1 Å². The van der Waals surface area contributed by atoms with Crippen molar-refractivity contribution in [1.29, 1.82) is 0 Å². The Morgan fingerprint density at radius 2 is 1.41 bits per heavy atom. The van der Waals surface area contributed by atoms with Gasteiger partial charge in [-0.2, -0.15) is 10.2 Å². The number of esters is 3. The lowest BCUT2D eigenvalue weighted by atomic mass is 9.91. The second-order valence-electron chi connectivity index (χ2n) is 22.5. The zero-order valence-corrected chi connectivity index (χ0v) is 57.2. The Bertz CT molecular complexity index is 4000. The van der Waals surface area contributed by atoms with Gasteiger partial charge < -0.3 is 38.7 Å². The number of aryl methyl sites for hydroxylation is 4. The molecule has 92 heavy (non-hydrogen) atoms. The topological polar surface area (TPSA) is 288 Å². The lowest BCUT2D eigenvalue weighted by Gasteiger charge is -2.32. The standard InChI is InChI=1S/C23H32N2O4.C16H18Cl2N2O4.C16H17N3O5S.C9H8Cl2O3/c1-7-16-13-15(3)14-17(8-2)18(16)19-20(26)24-9-11-28-12-10-25(24)21(19)29-22(27)23(4,5)6;1-4-23-14(21)12-9-16(3,15(22)24-5-2)20(19-12)13-7-6-10(17)8-11(13)18;1-9-10(15(20)11-8-17-19(2)16(11)21)4-5-13(25(3,22)23)14(9)12-6-7-24-18-12;1-5(9(12)13)14-8-3-2-6(10)4-7(8)11/h13-14H,7-12H2,1-6H3;6-8H,4-5,9H2,1-3H3;4-5,8,21H,6-7H2,1-3H3;2-5H,1H3,(H,12,13). The number of halogens is 4. The smallest absolute Gasteiger partial charge is 0.354 e. The molecule has 0 saturated carbocycles. The largest absolute Gasteiger partial charge is 0.493 e. The third-order valence-electron chi connectivity index (χ3n) is 14.6. The summed E-state index contributed by atoms with van der Waals surface area (Å²) in [7, 11) is -2.00. The van der Waals surface area contributed by atoms with Gasteiger partial charge in [0.05, 0.1) is 77.5 Å². The number of hydrogen-bond donors (Lipinski definition) is 2. The third-order valence-corrected chi connectivity index (χ3v) is 16.8. The first-order valence-electron chi connectivity index (χ1n) is 29.3. The summed E-state index contributed by atoms with van der Waals surface area (Å²) in [5, 5.41) is 33.5. The van der Waals surface area contributed by atoms with Crippen molar-refractivity contribution in [3.63, 3.8) is 0 Å². The predicted octanol–water partition coefficient (Wildman–Crippen LogP) is 11.2. The molecule has 2 N–H and O–H groups in total. The summed E-state index contributed by atoms with van der Waals surface area (Å²) in [6.45, 7) is 22.5. The first-order valence-corrected chi connectivity index (χ1v) is 32.7. The van der Waals surface area contributed by atoms with Crippen LogP contribution in [0.2, 0.25) is 20.1 Å². The molecule has 2 aromatic heterocycles. The molecule has 496 valence electrons. The van der Waals surface area contributed by atoms with Crippen LogP contribution in [0, 0.1) is 19.3 Å². The van der Waals surface area contributed by atoms with E-state index in [4.69, 9.17) is 80.0 Å². The number of ether oxygens (including phenoxy) is 5. The van der Waals surface area contributed by atoms with E-state index in [1.165, 1.54) is 59.7 Å². The highest BCUT2D eigenvalue weighted by Crippen LogP contribution is 2.41. The quantitative estimate of drug-likeness (QED) is 0.0672. The number of hydrogen-bond acceptors (Lipinski definition) is 19. The van der Waals surface area contributed by atoms with Gasteiger partial charge in [0.25, 0.3) is 5.56 Å². The second kappa shape index (κ2) is 31.3. The maximum absolute atomic E-state index is 13.5. The Balaban J connectivity index is 0.000000200. The minimum absolute atomic E-state index is 0.0493. The van der Waals surface area contributed by atoms with Crippen LogP contribution < -0.4 is 20.0 Å². The van der Waals surface area contributed by atoms with Gasteiger partial charge in [-0.3, -0.25) is 14.4 Å². The van der Waals surface area contributed by atoms with Crippen molar-refractivity contribution >= 4 is 103 Å². The van der Waals surface area contributed by atoms with Gasteiger partial charge in [-0.1, -0.05) is 83.1 Å². The number of aromatic hydroxyl groups is 1. The molecule has 23 nitrogen and oxygen atoms in total.